The van der Waals surface area contributed by atoms with Crippen molar-refractivity contribution in [1.29, 1.82) is 0 Å². The van der Waals surface area contributed by atoms with Crippen LogP contribution in [0.1, 0.15) is 10.5 Å². The highest BCUT2D eigenvalue weighted by Crippen LogP contribution is 1.95. The maximum atomic E-state index is 11.7. The molecular formula is C11H18N4O5S. The second kappa shape index (κ2) is 7.07. The van der Waals surface area contributed by atoms with E-state index in [1.165, 1.54) is 24.5 Å². The van der Waals surface area contributed by atoms with Gasteiger partial charge in [-0.05, 0) is 0 Å². The number of aromatic nitrogens is 2. The van der Waals surface area contributed by atoms with E-state index < -0.39 is 21.8 Å². The van der Waals surface area contributed by atoms with Gasteiger partial charge in [0.25, 0.3) is 0 Å². The Morgan fingerprint density at radius 1 is 1.48 bits per heavy atom. The predicted molar refractivity (Wildman–Crippen MR) is 74.9 cm³/mol. The van der Waals surface area contributed by atoms with Gasteiger partial charge in [0, 0.05) is 39.1 Å². The summed E-state index contributed by atoms with van der Waals surface area (Å²) in [7, 11) is -1.61. The van der Waals surface area contributed by atoms with Gasteiger partial charge in [-0.2, -0.15) is 0 Å². The molecule has 0 fully saturated rings. The van der Waals surface area contributed by atoms with E-state index in [0.29, 0.717) is 6.54 Å². The van der Waals surface area contributed by atoms with Crippen LogP contribution in [0.4, 0.5) is 4.79 Å². The van der Waals surface area contributed by atoms with E-state index in [0.717, 1.165) is 6.26 Å². The number of hydrogen-bond donors (Lipinski definition) is 2. The van der Waals surface area contributed by atoms with Crippen LogP contribution in [-0.4, -0.2) is 72.1 Å². The van der Waals surface area contributed by atoms with Crippen LogP contribution in [0.15, 0.2) is 12.5 Å². The van der Waals surface area contributed by atoms with Crippen LogP contribution >= 0.6 is 0 Å². The number of nitrogens with zero attached hydrogens (tertiary/aromatic N) is 3. The number of aromatic carboxylic acids is 1. The van der Waals surface area contributed by atoms with E-state index >= 15 is 0 Å². The maximum Gasteiger partial charge on any atom is 0.356 e. The SMILES string of the molecule is CN(CCS(C)(=O)=O)C(=O)NCCn1cnc(C(=O)O)c1. The van der Waals surface area contributed by atoms with Crippen molar-refractivity contribution < 1.29 is 23.1 Å². The first-order chi connectivity index (χ1) is 9.69. The van der Waals surface area contributed by atoms with E-state index in [-0.39, 0.29) is 24.5 Å². The Hall–Kier alpha value is -2.10. The van der Waals surface area contributed by atoms with Crippen molar-refractivity contribution in [2.45, 2.75) is 6.54 Å². The third kappa shape index (κ3) is 6.25. The number of nitrogens with one attached hydrogen (secondary N) is 1. The number of rotatable bonds is 7. The largest absolute Gasteiger partial charge is 0.476 e. The Labute approximate surface area is 122 Å². The molecule has 0 atom stereocenters. The lowest BCUT2D eigenvalue weighted by molar-refractivity contribution is 0.0691. The Bertz CT molecular complexity index is 610. The van der Waals surface area contributed by atoms with Crippen LogP contribution in [-0.2, 0) is 16.4 Å². The fourth-order valence-corrected chi connectivity index (χ4v) is 2.03. The van der Waals surface area contributed by atoms with Gasteiger partial charge in [0.1, 0.15) is 9.84 Å². The summed E-state index contributed by atoms with van der Waals surface area (Å²) in [6, 6.07) is -0.391. The molecule has 2 N–H and O–H groups in total. The summed E-state index contributed by atoms with van der Waals surface area (Å²) >= 11 is 0. The van der Waals surface area contributed by atoms with Gasteiger partial charge in [-0.3, -0.25) is 0 Å². The lowest BCUT2D eigenvalue weighted by Gasteiger charge is -2.17. The van der Waals surface area contributed by atoms with Crippen LogP contribution in [0.2, 0.25) is 0 Å². The molecule has 0 aliphatic heterocycles. The predicted octanol–water partition coefficient (Wildman–Crippen LogP) is -0.733. The molecule has 118 valence electrons. The fraction of sp³-hybridized carbons (Fsp3) is 0.545. The zero-order chi connectivity index (χ0) is 16.0. The van der Waals surface area contributed by atoms with Gasteiger partial charge in [-0.1, -0.05) is 0 Å². The molecule has 0 aliphatic rings. The topological polar surface area (TPSA) is 122 Å². The van der Waals surface area contributed by atoms with E-state index in [1.807, 2.05) is 0 Å². The molecular weight excluding hydrogens is 300 g/mol. The number of amides is 2. The molecule has 0 bridgehead atoms. The number of urea groups is 1. The highest BCUT2D eigenvalue weighted by atomic mass is 32.2. The average Bonchev–Trinajstić information content (AvgIpc) is 2.83. The van der Waals surface area contributed by atoms with Crippen LogP contribution < -0.4 is 5.32 Å². The molecule has 1 aromatic heterocycles. The third-order valence-corrected chi connectivity index (χ3v) is 3.57. The molecule has 0 saturated carbocycles. The van der Waals surface area contributed by atoms with Crippen molar-refractivity contribution in [2.75, 3.05) is 32.1 Å². The first-order valence-corrected chi connectivity index (χ1v) is 8.17. The molecule has 10 heteroatoms. The van der Waals surface area contributed by atoms with Crippen LogP contribution in [0.25, 0.3) is 0 Å². The Morgan fingerprint density at radius 2 is 2.14 bits per heavy atom. The molecule has 1 aromatic rings. The zero-order valence-corrected chi connectivity index (χ0v) is 12.6. The molecule has 2 amide bonds. The lowest BCUT2D eigenvalue weighted by Crippen LogP contribution is -2.40. The lowest BCUT2D eigenvalue weighted by atomic mass is 10.5. The minimum Gasteiger partial charge on any atom is -0.476 e. The van der Waals surface area contributed by atoms with Gasteiger partial charge in [0.2, 0.25) is 0 Å². The first kappa shape index (κ1) is 17.0. The van der Waals surface area contributed by atoms with Gasteiger partial charge in [0.05, 0.1) is 12.1 Å². The molecule has 1 rings (SSSR count). The molecule has 0 saturated heterocycles. The van der Waals surface area contributed by atoms with Gasteiger partial charge in [-0.25, -0.2) is 23.0 Å². The van der Waals surface area contributed by atoms with E-state index in [1.54, 1.807) is 4.57 Å². The smallest absolute Gasteiger partial charge is 0.356 e. The number of carbonyl (C=O) groups is 2. The molecule has 0 aromatic carbocycles. The number of carboxylic acids is 1. The van der Waals surface area contributed by atoms with Gasteiger partial charge in [-0.15, -0.1) is 0 Å². The Balaban J connectivity index is 2.33. The fourth-order valence-electron chi connectivity index (χ4n) is 1.42. The summed E-state index contributed by atoms with van der Waals surface area (Å²) in [6.45, 7) is 0.752. The first-order valence-electron chi connectivity index (χ1n) is 6.11. The monoisotopic (exact) mass is 318 g/mol. The minimum atomic E-state index is -3.11. The summed E-state index contributed by atoms with van der Waals surface area (Å²) < 4.78 is 23.5. The number of carboxylic acid groups (broad SMARTS) is 1. The van der Waals surface area contributed by atoms with Gasteiger partial charge < -0.3 is 19.9 Å². The molecule has 1 heterocycles. The summed E-state index contributed by atoms with van der Waals surface area (Å²) in [5.41, 5.74) is -0.0633. The Morgan fingerprint density at radius 3 is 2.67 bits per heavy atom. The summed E-state index contributed by atoms with van der Waals surface area (Å²) in [5.74, 6) is -1.21. The number of imidazole rings is 1. The standard InChI is InChI=1S/C11H18N4O5S/c1-14(5-6-21(2,19)20)11(18)12-3-4-15-7-9(10(16)17)13-8-15/h7-8H,3-6H2,1-2H3,(H,12,18)(H,16,17). The van der Waals surface area contributed by atoms with Crippen LogP contribution in [0, 0.1) is 0 Å². The summed E-state index contributed by atoms with van der Waals surface area (Å²) in [6.07, 6.45) is 3.84. The van der Waals surface area contributed by atoms with Crippen molar-refractivity contribution in [1.82, 2.24) is 19.8 Å². The van der Waals surface area contributed by atoms with Crippen molar-refractivity contribution in [3.63, 3.8) is 0 Å². The van der Waals surface area contributed by atoms with Gasteiger partial charge >= 0.3 is 12.0 Å². The maximum absolute atomic E-state index is 11.7. The minimum absolute atomic E-state index is 0.0633. The molecule has 9 nitrogen and oxygen atoms in total. The average molecular weight is 318 g/mol. The van der Waals surface area contributed by atoms with E-state index in [2.05, 4.69) is 10.3 Å². The Kier molecular flexibility index (Phi) is 5.70. The molecule has 0 spiro atoms. The van der Waals surface area contributed by atoms with E-state index in [9.17, 15) is 18.0 Å². The quantitative estimate of drug-likeness (QED) is 0.683. The zero-order valence-electron chi connectivity index (χ0n) is 11.8. The molecule has 21 heavy (non-hydrogen) atoms. The number of carbonyl (C=O) groups excluding carboxylic acids is 1. The second-order valence-corrected chi connectivity index (χ2v) is 6.85. The molecule has 0 aliphatic carbocycles. The summed E-state index contributed by atoms with van der Waals surface area (Å²) in [4.78, 5) is 27.3. The van der Waals surface area contributed by atoms with Crippen LogP contribution in [0.3, 0.4) is 0 Å². The highest BCUT2D eigenvalue weighted by molar-refractivity contribution is 7.90. The van der Waals surface area contributed by atoms with Crippen molar-refractivity contribution in [3.8, 4) is 0 Å². The van der Waals surface area contributed by atoms with Gasteiger partial charge in [0.15, 0.2) is 5.69 Å². The highest BCUT2D eigenvalue weighted by Gasteiger charge is 2.11. The summed E-state index contributed by atoms with van der Waals surface area (Å²) in [5, 5.41) is 11.3. The van der Waals surface area contributed by atoms with Crippen LogP contribution in [0.5, 0.6) is 0 Å². The van der Waals surface area contributed by atoms with Crippen molar-refractivity contribution >= 4 is 21.8 Å². The van der Waals surface area contributed by atoms with E-state index in [4.69, 9.17) is 5.11 Å². The normalized spacial score (nSPS) is 11.1. The second-order valence-electron chi connectivity index (χ2n) is 4.59. The third-order valence-electron chi connectivity index (χ3n) is 2.64. The number of sulfone groups is 1. The van der Waals surface area contributed by atoms with Crippen molar-refractivity contribution in [2.24, 2.45) is 0 Å². The molecule has 0 radical (unpaired) electrons. The number of hydrogen-bond acceptors (Lipinski definition) is 5. The molecule has 0 unspecified atom stereocenters. The van der Waals surface area contributed by atoms with Crippen molar-refractivity contribution in [3.05, 3.63) is 18.2 Å².